The summed E-state index contributed by atoms with van der Waals surface area (Å²) in [6.45, 7) is -0.470. The topological polar surface area (TPSA) is 175 Å². The van der Waals surface area contributed by atoms with Gasteiger partial charge in [0, 0.05) is 23.8 Å². The number of hydrogen-bond donors (Lipinski definition) is 1. The number of aliphatic hydroxyl groups is 1. The van der Waals surface area contributed by atoms with Crippen LogP contribution >= 0.6 is 0 Å². The predicted molar refractivity (Wildman–Crippen MR) is 84.2 cm³/mol. The van der Waals surface area contributed by atoms with Gasteiger partial charge in [0.2, 0.25) is 0 Å². The highest BCUT2D eigenvalue weighted by Gasteiger charge is 2.22. The van der Waals surface area contributed by atoms with Crippen LogP contribution < -0.4 is 0 Å². The second-order valence-corrected chi connectivity index (χ2v) is 4.87. The number of benzene rings is 1. The molecule has 0 spiro atoms. The lowest BCUT2D eigenvalue weighted by molar-refractivity contribution is -0.385. The van der Waals surface area contributed by atoms with E-state index in [4.69, 9.17) is 4.74 Å². The number of carbonyl (C=O) groups excluding carboxylic acids is 1. The zero-order valence-corrected chi connectivity index (χ0v) is 12.8. The van der Waals surface area contributed by atoms with Crippen molar-refractivity contribution < 1.29 is 24.5 Å². The molecule has 0 saturated carbocycles. The van der Waals surface area contributed by atoms with Crippen molar-refractivity contribution in [1.82, 2.24) is 4.98 Å². The number of nitrogens with zero attached hydrogens (tertiary/aromatic N) is 4. The molecule has 12 heteroatoms. The van der Waals surface area contributed by atoms with E-state index in [-0.39, 0.29) is 28.3 Å². The third-order valence-electron chi connectivity index (χ3n) is 3.23. The molecule has 1 atom stereocenters. The number of non-ortho nitro benzene ring substituents is 1. The van der Waals surface area contributed by atoms with Gasteiger partial charge in [-0.05, 0) is 17.3 Å². The van der Waals surface area contributed by atoms with Crippen LogP contribution in [-0.4, -0.2) is 25.9 Å². The smallest absolute Gasteiger partial charge is 0.341 e. The van der Waals surface area contributed by atoms with Crippen LogP contribution in [0.1, 0.15) is 17.4 Å². The third-order valence-corrected chi connectivity index (χ3v) is 3.23. The van der Waals surface area contributed by atoms with Gasteiger partial charge >= 0.3 is 5.97 Å². The number of pyridine rings is 1. The number of esters is 1. The number of aliphatic hydroxyl groups excluding tert-OH is 1. The van der Waals surface area contributed by atoms with Crippen LogP contribution in [0.4, 0.5) is 17.1 Å². The van der Waals surface area contributed by atoms with Crippen molar-refractivity contribution in [3.8, 4) is 0 Å². The van der Waals surface area contributed by atoms with Crippen LogP contribution in [0.3, 0.4) is 0 Å². The lowest BCUT2D eigenvalue weighted by atomic mass is 10.1. The molecule has 0 bridgehead atoms. The lowest BCUT2D eigenvalue weighted by Crippen LogP contribution is -2.16. The highest BCUT2D eigenvalue weighted by Crippen LogP contribution is 2.26. The second-order valence-electron chi connectivity index (χ2n) is 4.87. The van der Waals surface area contributed by atoms with Crippen molar-refractivity contribution in [3.63, 3.8) is 0 Å². The first-order valence-corrected chi connectivity index (χ1v) is 6.89. The number of hydrogen-bond acceptors (Lipinski definition) is 10. The van der Waals surface area contributed by atoms with E-state index in [1.165, 1.54) is 6.07 Å². The highest BCUT2D eigenvalue weighted by atomic mass is 16.6. The molecule has 134 valence electrons. The van der Waals surface area contributed by atoms with Crippen molar-refractivity contribution in [2.75, 3.05) is 0 Å². The standard InChI is InChI=1S/C14H10N4O8/c19-13(11-4-3-10(6-15-11)18(24)25)14(20)26-7-8-1-2-9(17(22)23)5-12(8)16-21/h1-6,13,19H,7H2. The third kappa shape index (κ3) is 4.18. The van der Waals surface area contributed by atoms with Gasteiger partial charge < -0.3 is 9.84 Å². The van der Waals surface area contributed by atoms with Gasteiger partial charge in [0.1, 0.15) is 18.5 Å². The summed E-state index contributed by atoms with van der Waals surface area (Å²) >= 11 is 0. The van der Waals surface area contributed by atoms with Crippen molar-refractivity contribution in [1.29, 1.82) is 0 Å². The van der Waals surface area contributed by atoms with E-state index in [9.17, 15) is 35.0 Å². The van der Waals surface area contributed by atoms with E-state index in [1.807, 2.05) is 0 Å². The summed E-state index contributed by atoms with van der Waals surface area (Å²) in [5.41, 5.74) is -1.03. The number of nitroso groups, excluding NO2 is 1. The maximum atomic E-state index is 11.8. The van der Waals surface area contributed by atoms with Crippen LogP contribution in [0.25, 0.3) is 0 Å². The molecular weight excluding hydrogens is 352 g/mol. The fourth-order valence-electron chi connectivity index (χ4n) is 1.89. The summed E-state index contributed by atoms with van der Waals surface area (Å²) < 4.78 is 4.83. The molecule has 0 aliphatic rings. The molecule has 1 N–H and O–H groups in total. The minimum Gasteiger partial charge on any atom is -0.459 e. The Labute approximate surface area is 144 Å². The average Bonchev–Trinajstić information content (AvgIpc) is 2.65. The molecule has 2 aromatic rings. The van der Waals surface area contributed by atoms with E-state index >= 15 is 0 Å². The molecule has 0 amide bonds. The number of aromatic nitrogens is 1. The molecule has 1 unspecified atom stereocenters. The van der Waals surface area contributed by atoms with Gasteiger partial charge in [0.15, 0.2) is 6.10 Å². The Hall–Kier alpha value is -3.80. The van der Waals surface area contributed by atoms with Crippen molar-refractivity contribution in [3.05, 3.63) is 72.9 Å². The highest BCUT2D eigenvalue weighted by molar-refractivity contribution is 5.75. The molecule has 0 radical (unpaired) electrons. The molecular formula is C14H10N4O8. The van der Waals surface area contributed by atoms with E-state index < -0.39 is 28.5 Å². The van der Waals surface area contributed by atoms with Crippen molar-refractivity contribution >= 4 is 23.0 Å². The zero-order chi connectivity index (χ0) is 19.3. The van der Waals surface area contributed by atoms with Crippen LogP contribution in [-0.2, 0) is 16.1 Å². The average molecular weight is 362 g/mol. The van der Waals surface area contributed by atoms with Crippen molar-refractivity contribution in [2.24, 2.45) is 5.18 Å². The van der Waals surface area contributed by atoms with Crippen LogP contribution in [0.5, 0.6) is 0 Å². The number of nitro benzene ring substituents is 1. The molecule has 26 heavy (non-hydrogen) atoms. The summed E-state index contributed by atoms with van der Waals surface area (Å²) in [5.74, 6) is -1.12. The molecule has 1 heterocycles. The molecule has 1 aromatic carbocycles. The first-order chi connectivity index (χ1) is 12.3. The Morgan fingerprint density at radius 1 is 1.19 bits per heavy atom. The summed E-state index contributed by atoms with van der Waals surface area (Å²) in [5, 5.41) is 33.7. The maximum Gasteiger partial charge on any atom is 0.341 e. The lowest BCUT2D eigenvalue weighted by Gasteiger charge is -2.10. The summed E-state index contributed by atoms with van der Waals surface area (Å²) in [4.78, 5) is 46.0. The second kappa shape index (κ2) is 7.85. The Morgan fingerprint density at radius 2 is 1.85 bits per heavy atom. The van der Waals surface area contributed by atoms with Crippen molar-refractivity contribution in [2.45, 2.75) is 12.7 Å². The Bertz CT molecular complexity index is 868. The molecule has 1 aromatic heterocycles. The maximum absolute atomic E-state index is 11.8. The predicted octanol–water partition coefficient (Wildman–Crippen LogP) is 2.07. The molecule has 0 aliphatic heterocycles. The molecule has 0 fully saturated rings. The number of nitro groups is 2. The first-order valence-electron chi connectivity index (χ1n) is 6.89. The van der Waals surface area contributed by atoms with Gasteiger partial charge in [0.05, 0.1) is 15.5 Å². The van der Waals surface area contributed by atoms with E-state index in [0.29, 0.717) is 0 Å². The van der Waals surface area contributed by atoms with Gasteiger partial charge in [-0.15, -0.1) is 4.91 Å². The Kier molecular flexibility index (Phi) is 5.60. The Morgan fingerprint density at radius 3 is 2.38 bits per heavy atom. The Balaban J connectivity index is 2.07. The molecule has 0 saturated heterocycles. The van der Waals surface area contributed by atoms with Crippen LogP contribution in [0.2, 0.25) is 0 Å². The first kappa shape index (κ1) is 18.5. The minimum atomic E-state index is -1.80. The normalized spacial score (nSPS) is 11.4. The van der Waals surface area contributed by atoms with Gasteiger partial charge in [-0.25, -0.2) is 4.79 Å². The van der Waals surface area contributed by atoms with Crippen LogP contribution in [0.15, 0.2) is 41.7 Å². The molecule has 2 rings (SSSR count). The van der Waals surface area contributed by atoms with E-state index in [2.05, 4.69) is 10.2 Å². The monoisotopic (exact) mass is 362 g/mol. The minimum absolute atomic E-state index is 0.0998. The largest absolute Gasteiger partial charge is 0.459 e. The summed E-state index contributed by atoms with van der Waals surface area (Å²) in [6.07, 6.45) is -0.933. The summed E-state index contributed by atoms with van der Waals surface area (Å²) in [7, 11) is 0. The van der Waals surface area contributed by atoms with Crippen LogP contribution in [0, 0.1) is 25.1 Å². The fourth-order valence-corrected chi connectivity index (χ4v) is 1.89. The number of carbonyl (C=O) groups is 1. The number of rotatable bonds is 7. The van der Waals surface area contributed by atoms with Gasteiger partial charge in [-0.1, -0.05) is 0 Å². The van der Waals surface area contributed by atoms with Gasteiger partial charge in [-0.2, -0.15) is 0 Å². The summed E-state index contributed by atoms with van der Waals surface area (Å²) in [6, 6.07) is 5.37. The molecule has 0 aliphatic carbocycles. The fraction of sp³-hybridized carbons (Fsp3) is 0.143. The number of ether oxygens (including phenoxy) is 1. The quantitative estimate of drug-likeness (QED) is 0.334. The zero-order valence-electron chi connectivity index (χ0n) is 12.8. The van der Waals surface area contributed by atoms with E-state index in [1.54, 1.807) is 0 Å². The van der Waals surface area contributed by atoms with Gasteiger partial charge in [-0.3, -0.25) is 25.2 Å². The molecule has 12 nitrogen and oxygen atoms in total. The van der Waals surface area contributed by atoms with Gasteiger partial charge in [0.25, 0.3) is 11.4 Å². The van der Waals surface area contributed by atoms with E-state index in [0.717, 1.165) is 30.5 Å². The SMILES string of the molecule is O=Nc1cc([N+](=O)[O-])ccc1COC(=O)C(O)c1ccc([N+](=O)[O-])cn1.